The normalized spacial score (nSPS) is 11.5. The monoisotopic (exact) mass is 301 g/mol. The number of benzene rings is 1. The van der Waals surface area contributed by atoms with Crippen molar-refractivity contribution in [3.8, 4) is 6.07 Å². The number of nitriles is 1. The van der Waals surface area contributed by atoms with Crippen LogP contribution in [0.4, 0.5) is 14.9 Å². The number of carbonyl (C=O) groups excluding carboxylic acids is 1. The summed E-state index contributed by atoms with van der Waals surface area (Å²) in [6, 6.07) is 6.88. The molecular weight excluding hydrogens is 285 g/mol. The number of hydrogen-bond donors (Lipinski definition) is 2. The number of amides is 2. The lowest BCUT2D eigenvalue weighted by Crippen LogP contribution is -2.33. The van der Waals surface area contributed by atoms with E-state index in [4.69, 9.17) is 5.26 Å². The molecule has 7 heteroatoms. The van der Waals surface area contributed by atoms with Gasteiger partial charge in [-0.2, -0.15) is 10.4 Å². The van der Waals surface area contributed by atoms with Crippen LogP contribution in [0.5, 0.6) is 0 Å². The van der Waals surface area contributed by atoms with E-state index in [0.717, 1.165) is 6.07 Å². The Bertz CT molecular complexity index is 678. The van der Waals surface area contributed by atoms with Crippen molar-refractivity contribution in [1.82, 2.24) is 15.1 Å². The molecule has 6 nitrogen and oxygen atoms in total. The Morgan fingerprint density at radius 1 is 1.55 bits per heavy atom. The van der Waals surface area contributed by atoms with Crippen molar-refractivity contribution in [2.45, 2.75) is 13.5 Å². The lowest BCUT2D eigenvalue weighted by molar-refractivity contribution is 0.249. The van der Waals surface area contributed by atoms with Gasteiger partial charge < -0.3 is 10.6 Å². The quantitative estimate of drug-likeness (QED) is 0.889. The number of nitrogens with zero attached hydrogens (tertiary/aromatic N) is 3. The molecule has 0 aliphatic rings. The van der Waals surface area contributed by atoms with Gasteiger partial charge in [-0.05, 0) is 30.2 Å². The standard InChI is InChI=1S/C15H16FN5O/c1-11(10-21-6-2-5-19-21)9-18-15(22)20-14-4-3-13(16)7-12(14)8-17/h2-7,11H,9-10H2,1H3,(H2,18,20,22). The van der Waals surface area contributed by atoms with E-state index in [1.165, 1.54) is 12.1 Å². The fourth-order valence-electron chi connectivity index (χ4n) is 1.94. The van der Waals surface area contributed by atoms with Crippen LogP contribution in [0.15, 0.2) is 36.7 Å². The number of hydrogen-bond acceptors (Lipinski definition) is 3. The van der Waals surface area contributed by atoms with Crippen molar-refractivity contribution >= 4 is 11.7 Å². The maximum atomic E-state index is 13.0. The zero-order valence-corrected chi connectivity index (χ0v) is 12.1. The summed E-state index contributed by atoms with van der Waals surface area (Å²) in [5, 5.41) is 18.3. The molecule has 0 spiro atoms. The van der Waals surface area contributed by atoms with Gasteiger partial charge in [0.15, 0.2) is 0 Å². The minimum absolute atomic E-state index is 0.0831. The Labute approximate surface area is 127 Å². The van der Waals surface area contributed by atoms with Crippen LogP contribution in [0.3, 0.4) is 0 Å². The van der Waals surface area contributed by atoms with Crippen molar-refractivity contribution in [2.75, 3.05) is 11.9 Å². The highest BCUT2D eigenvalue weighted by molar-refractivity contribution is 5.90. The molecule has 0 fully saturated rings. The van der Waals surface area contributed by atoms with Crippen LogP contribution in [-0.4, -0.2) is 22.4 Å². The maximum absolute atomic E-state index is 13.0. The molecule has 1 atom stereocenters. The van der Waals surface area contributed by atoms with Gasteiger partial charge in [0, 0.05) is 25.5 Å². The first kappa shape index (κ1) is 15.5. The molecular formula is C15H16FN5O. The van der Waals surface area contributed by atoms with Crippen LogP contribution in [-0.2, 0) is 6.54 Å². The van der Waals surface area contributed by atoms with E-state index in [2.05, 4.69) is 15.7 Å². The molecule has 2 rings (SSSR count). The smallest absolute Gasteiger partial charge is 0.319 e. The topological polar surface area (TPSA) is 82.7 Å². The largest absolute Gasteiger partial charge is 0.338 e. The molecule has 1 heterocycles. The summed E-state index contributed by atoms with van der Waals surface area (Å²) in [5.41, 5.74) is 0.362. The summed E-state index contributed by atoms with van der Waals surface area (Å²) in [5.74, 6) is -0.329. The van der Waals surface area contributed by atoms with Gasteiger partial charge in [0.2, 0.25) is 0 Å². The second-order valence-electron chi connectivity index (χ2n) is 4.97. The summed E-state index contributed by atoms with van der Waals surface area (Å²) in [4.78, 5) is 11.8. The maximum Gasteiger partial charge on any atom is 0.319 e. The van der Waals surface area contributed by atoms with Gasteiger partial charge in [-0.15, -0.1) is 0 Å². The fraction of sp³-hybridized carbons (Fsp3) is 0.267. The van der Waals surface area contributed by atoms with E-state index in [-0.39, 0.29) is 17.2 Å². The third-order valence-corrected chi connectivity index (χ3v) is 3.02. The molecule has 0 bridgehead atoms. The summed E-state index contributed by atoms with van der Waals surface area (Å²) in [7, 11) is 0. The number of carbonyl (C=O) groups is 1. The average Bonchev–Trinajstić information content (AvgIpc) is 3.00. The van der Waals surface area contributed by atoms with Crippen molar-refractivity contribution in [3.63, 3.8) is 0 Å². The first-order chi connectivity index (χ1) is 10.6. The molecule has 0 aliphatic carbocycles. The third kappa shape index (κ3) is 4.31. The Kier molecular flexibility index (Phi) is 5.09. The lowest BCUT2D eigenvalue weighted by atomic mass is 10.2. The van der Waals surface area contributed by atoms with Gasteiger partial charge in [-0.1, -0.05) is 6.92 Å². The zero-order valence-electron chi connectivity index (χ0n) is 12.1. The second-order valence-corrected chi connectivity index (χ2v) is 4.97. The SMILES string of the molecule is CC(CNC(=O)Nc1ccc(F)cc1C#N)Cn1cccn1. The van der Waals surface area contributed by atoms with Crippen molar-refractivity contribution in [2.24, 2.45) is 5.92 Å². The number of aromatic nitrogens is 2. The molecule has 1 unspecified atom stereocenters. The molecule has 0 saturated carbocycles. The predicted molar refractivity (Wildman–Crippen MR) is 79.5 cm³/mol. The molecule has 2 N–H and O–H groups in total. The molecule has 0 radical (unpaired) electrons. The minimum Gasteiger partial charge on any atom is -0.338 e. The molecule has 2 aromatic rings. The number of urea groups is 1. The van der Waals surface area contributed by atoms with E-state index in [0.29, 0.717) is 13.1 Å². The number of nitrogens with one attached hydrogen (secondary N) is 2. The van der Waals surface area contributed by atoms with Crippen molar-refractivity contribution in [3.05, 3.63) is 48.0 Å². The third-order valence-electron chi connectivity index (χ3n) is 3.02. The summed E-state index contributed by atoms with van der Waals surface area (Å²) in [6.07, 6.45) is 3.55. The van der Waals surface area contributed by atoms with E-state index in [1.807, 2.05) is 25.3 Å². The molecule has 1 aromatic carbocycles. The van der Waals surface area contributed by atoms with Crippen LogP contribution in [0.25, 0.3) is 0 Å². The lowest BCUT2D eigenvalue weighted by Gasteiger charge is -2.14. The van der Waals surface area contributed by atoms with Gasteiger partial charge in [-0.3, -0.25) is 4.68 Å². The Balaban J connectivity index is 1.84. The van der Waals surface area contributed by atoms with Gasteiger partial charge in [-0.25, -0.2) is 9.18 Å². The van der Waals surface area contributed by atoms with E-state index in [9.17, 15) is 9.18 Å². The molecule has 22 heavy (non-hydrogen) atoms. The molecule has 114 valence electrons. The minimum atomic E-state index is -0.518. The highest BCUT2D eigenvalue weighted by atomic mass is 19.1. The van der Waals surface area contributed by atoms with Gasteiger partial charge in [0.25, 0.3) is 0 Å². The first-order valence-electron chi connectivity index (χ1n) is 6.80. The van der Waals surface area contributed by atoms with Gasteiger partial charge in [0.1, 0.15) is 11.9 Å². The van der Waals surface area contributed by atoms with Crippen LogP contribution < -0.4 is 10.6 Å². The summed E-state index contributed by atoms with van der Waals surface area (Å²) < 4.78 is 14.8. The van der Waals surface area contributed by atoms with Gasteiger partial charge >= 0.3 is 6.03 Å². The van der Waals surface area contributed by atoms with E-state index >= 15 is 0 Å². The number of anilines is 1. The molecule has 2 amide bonds. The molecule has 1 aromatic heterocycles. The highest BCUT2D eigenvalue weighted by Crippen LogP contribution is 2.15. The number of halogens is 1. The Hall–Kier alpha value is -2.88. The first-order valence-corrected chi connectivity index (χ1v) is 6.80. The van der Waals surface area contributed by atoms with Crippen molar-refractivity contribution < 1.29 is 9.18 Å². The van der Waals surface area contributed by atoms with Crippen LogP contribution in [0, 0.1) is 23.1 Å². The van der Waals surface area contributed by atoms with Crippen molar-refractivity contribution in [1.29, 1.82) is 5.26 Å². The van der Waals surface area contributed by atoms with E-state index in [1.54, 1.807) is 10.9 Å². The molecule has 0 aliphatic heterocycles. The predicted octanol–water partition coefficient (Wildman–Crippen LogP) is 2.35. The highest BCUT2D eigenvalue weighted by Gasteiger charge is 2.09. The Morgan fingerprint density at radius 3 is 3.05 bits per heavy atom. The van der Waals surface area contributed by atoms with E-state index < -0.39 is 11.8 Å². The molecule has 0 saturated heterocycles. The summed E-state index contributed by atoms with van der Waals surface area (Å²) in [6.45, 7) is 3.13. The van der Waals surface area contributed by atoms with Crippen LogP contribution >= 0.6 is 0 Å². The Morgan fingerprint density at radius 2 is 2.36 bits per heavy atom. The van der Waals surface area contributed by atoms with Crippen LogP contribution in [0.2, 0.25) is 0 Å². The fourth-order valence-corrected chi connectivity index (χ4v) is 1.94. The van der Waals surface area contributed by atoms with Gasteiger partial charge in [0.05, 0.1) is 11.3 Å². The second kappa shape index (κ2) is 7.22. The van der Waals surface area contributed by atoms with Crippen LogP contribution in [0.1, 0.15) is 12.5 Å². The summed E-state index contributed by atoms with van der Waals surface area (Å²) >= 11 is 0. The zero-order chi connectivity index (χ0) is 15.9. The number of rotatable bonds is 5. The average molecular weight is 301 g/mol.